The molecule has 4 atom stereocenters. The molecule has 2 aromatic rings. The van der Waals surface area contributed by atoms with E-state index >= 15 is 0 Å². The minimum atomic E-state index is -0.747. The van der Waals surface area contributed by atoms with E-state index in [0.29, 0.717) is 24.8 Å². The van der Waals surface area contributed by atoms with Gasteiger partial charge >= 0.3 is 0 Å². The third-order valence-electron chi connectivity index (χ3n) is 6.29. The maximum Gasteiger partial charge on any atom is 0.246 e. The van der Waals surface area contributed by atoms with Crippen molar-refractivity contribution in [1.29, 1.82) is 0 Å². The second kappa shape index (κ2) is 7.19. The van der Waals surface area contributed by atoms with Crippen LogP contribution in [0.2, 0.25) is 0 Å². The first kappa shape index (κ1) is 19.7. The number of ether oxygens (including phenoxy) is 2. The molecule has 9 nitrogen and oxygen atoms in total. The number of amides is 2. The van der Waals surface area contributed by atoms with Gasteiger partial charge in [0.05, 0.1) is 38.1 Å². The zero-order valence-corrected chi connectivity index (χ0v) is 17.6. The van der Waals surface area contributed by atoms with Gasteiger partial charge in [-0.25, -0.2) is 0 Å². The van der Waals surface area contributed by atoms with Gasteiger partial charge in [-0.05, 0) is 24.6 Å². The van der Waals surface area contributed by atoms with Crippen molar-refractivity contribution in [2.75, 3.05) is 20.7 Å². The Morgan fingerprint density at radius 1 is 1.42 bits per heavy atom. The highest BCUT2D eigenvalue weighted by atomic mass is 16.5. The highest BCUT2D eigenvalue weighted by Gasteiger charge is 2.67. The standard InChI is InChI=1S/C22H24N4O5/c1-13-23-17(31-24-13)11-25(2)20(27)18-16-7-8-22(30-16)12-26(21(28)19(18)22)10-14-5-4-6-15(9-14)29-3/h4-9,16,18-19H,10-12H2,1-3H3/t16-,18?,19?,22-/m1/s1. The first-order valence-corrected chi connectivity index (χ1v) is 10.2. The molecule has 3 aliphatic heterocycles. The van der Waals surface area contributed by atoms with Crippen LogP contribution < -0.4 is 4.74 Å². The lowest BCUT2D eigenvalue weighted by atomic mass is 9.76. The van der Waals surface area contributed by atoms with Crippen LogP contribution in [0.25, 0.3) is 0 Å². The number of carbonyl (C=O) groups is 2. The number of carbonyl (C=O) groups excluding carboxylic acids is 2. The molecule has 9 heteroatoms. The molecule has 0 saturated carbocycles. The maximum atomic E-state index is 13.4. The number of methoxy groups -OCH3 is 1. The Labute approximate surface area is 179 Å². The number of rotatable bonds is 6. The van der Waals surface area contributed by atoms with Crippen LogP contribution >= 0.6 is 0 Å². The van der Waals surface area contributed by atoms with Crippen LogP contribution in [0.1, 0.15) is 17.3 Å². The lowest BCUT2D eigenvalue weighted by molar-refractivity contribution is -0.143. The van der Waals surface area contributed by atoms with Crippen LogP contribution in [-0.2, 0) is 27.4 Å². The second-order valence-corrected chi connectivity index (χ2v) is 8.38. The van der Waals surface area contributed by atoms with E-state index < -0.39 is 23.5 Å². The van der Waals surface area contributed by atoms with E-state index in [0.717, 1.165) is 11.3 Å². The monoisotopic (exact) mass is 424 g/mol. The zero-order valence-electron chi connectivity index (χ0n) is 17.6. The van der Waals surface area contributed by atoms with Crippen molar-refractivity contribution >= 4 is 11.8 Å². The normalized spacial score (nSPS) is 28.3. The Morgan fingerprint density at radius 3 is 3.00 bits per heavy atom. The van der Waals surface area contributed by atoms with E-state index in [-0.39, 0.29) is 18.4 Å². The molecule has 0 N–H and O–H groups in total. The highest BCUT2D eigenvalue weighted by Crippen LogP contribution is 2.52. The summed E-state index contributed by atoms with van der Waals surface area (Å²) >= 11 is 0. The van der Waals surface area contributed by atoms with Crippen LogP contribution in [0.15, 0.2) is 40.9 Å². The molecule has 2 bridgehead atoms. The summed E-state index contributed by atoms with van der Waals surface area (Å²) in [6.45, 7) is 2.78. The maximum absolute atomic E-state index is 13.4. The van der Waals surface area contributed by atoms with Gasteiger partial charge in [0.1, 0.15) is 11.4 Å². The molecule has 162 valence electrons. The molecule has 4 heterocycles. The summed E-state index contributed by atoms with van der Waals surface area (Å²) in [6, 6.07) is 7.64. The minimum absolute atomic E-state index is 0.0601. The molecule has 3 aliphatic rings. The van der Waals surface area contributed by atoms with E-state index in [9.17, 15) is 9.59 Å². The van der Waals surface area contributed by atoms with Crippen molar-refractivity contribution in [1.82, 2.24) is 19.9 Å². The molecular weight excluding hydrogens is 400 g/mol. The lowest BCUT2D eigenvalue weighted by Gasteiger charge is -2.27. The molecule has 1 spiro atoms. The predicted octanol–water partition coefficient (Wildman–Crippen LogP) is 1.33. The smallest absolute Gasteiger partial charge is 0.246 e. The van der Waals surface area contributed by atoms with Crippen molar-refractivity contribution in [3.8, 4) is 5.75 Å². The van der Waals surface area contributed by atoms with Gasteiger partial charge in [0.2, 0.25) is 17.7 Å². The quantitative estimate of drug-likeness (QED) is 0.645. The Morgan fingerprint density at radius 2 is 2.26 bits per heavy atom. The summed E-state index contributed by atoms with van der Waals surface area (Å²) < 4.78 is 16.6. The predicted molar refractivity (Wildman–Crippen MR) is 108 cm³/mol. The fraction of sp³-hybridized carbons (Fsp3) is 0.455. The molecule has 0 aliphatic carbocycles. The average Bonchev–Trinajstić information content (AvgIpc) is 3.50. The molecular formula is C22H24N4O5. The van der Waals surface area contributed by atoms with E-state index in [1.165, 1.54) is 4.90 Å². The van der Waals surface area contributed by atoms with Crippen molar-refractivity contribution < 1.29 is 23.6 Å². The van der Waals surface area contributed by atoms with Crippen LogP contribution in [0.3, 0.4) is 0 Å². The van der Waals surface area contributed by atoms with Crippen LogP contribution in [-0.4, -0.2) is 64.2 Å². The van der Waals surface area contributed by atoms with Crippen LogP contribution in [0, 0.1) is 18.8 Å². The number of nitrogens with zero attached hydrogens (tertiary/aromatic N) is 4. The van der Waals surface area contributed by atoms with Gasteiger partial charge in [0.25, 0.3) is 0 Å². The molecule has 2 amide bonds. The Bertz CT molecular complexity index is 1070. The van der Waals surface area contributed by atoms with Gasteiger partial charge in [-0.3, -0.25) is 9.59 Å². The summed E-state index contributed by atoms with van der Waals surface area (Å²) in [6.07, 6.45) is 3.47. The van der Waals surface area contributed by atoms with Gasteiger partial charge in [0.15, 0.2) is 5.82 Å². The summed E-state index contributed by atoms with van der Waals surface area (Å²) in [7, 11) is 3.29. The zero-order chi connectivity index (χ0) is 21.8. The number of hydrogen-bond donors (Lipinski definition) is 0. The van der Waals surface area contributed by atoms with Gasteiger partial charge in [-0.15, -0.1) is 0 Å². The van der Waals surface area contributed by atoms with Crippen molar-refractivity contribution in [2.45, 2.75) is 31.7 Å². The van der Waals surface area contributed by atoms with E-state index in [1.54, 1.807) is 26.0 Å². The summed E-state index contributed by atoms with van der Waals surface area (Å²) in [5.74, 6) is 0.295. The molecule has 0 radical (unpaired) electrons. The van der Waals surface area contributed by atoms with Crippen LogP contribution in [0.4, 0.5) is 0 Å². The van der Waals surface area contributed by atoms with Crippen molar-refractivity contribution in [3.63, 3.8) is 0 Å². The van der Waals surface area contributed by atoms with Gasteiger partial charge in [0, 0.05) is 13.6 Å². The Balaban J connectivity index is 1.35. The van der Waals surface area contributed by atoms with Gasteiger partial charge in [-0.1, -0.05) is 29.4 Å². The number of fused-ring (bicyclic) bond motifs is 1. The number of likely N-dealkylation sites (tertiary alicyclic amines) is 1. The molecule has 1 aromatic carbocycles. The SMILES string of the molecule is COc1cccc(CN2C[C@@]34C=C[C@@H](O3)C(C(=O)N(C)Cc3nc(C)no3)C4C2=O)c1. The lowest BCUT2D eigenvalue weighted by Crippen LogP contribution is -2.44. The number of benzene rings is 1. The van der Waals surface area contributed by atoms with Crippen molar-refractivity contribution in [2.24, 2.45) is 11.8 Å². The van der Waals surface area contributed by atoms with E-state index in [2.05, 4.69) is 10.1 Å². The van der Waals surface area contributed by atoms with Crippen LogP contribution in [0.5, 0.6) is 5.75 Å². The number of aromatic nitrogens is 2. The molecule has 2 unspecified atom stereocenters. The fourth-order valence-electron chi connectivity index (χ4n) is 4.92. The summed E-state index contributed by atoms with van der Waals surface area (Å²) in [4.78, 5) is 34.2. The molecule has 2 fully saturated rings. The number of aryl methyl sites for hydroxylation is 1. The van der Waals surface area contributed by atoms with E-state index in [4.69, 9.17) is 14.0 Å². The topological polar surface area (TPSA) is 98.0 Å². The summed E-state index contributed by atoms with van der Waals surface area (Å²) in [5.41, 5.74) is 0.220. The first-order valence-electron chi connectivity index (χ1n) is 10.2. The number of hydrogen-bond acceptors (Lipinski definition) is 7. The molecule has 1 aromatic heterocycles. The van der Waals surface area contributed by atoms with E-state index in [1.807, 2.05) is 36.4 Å². The molecule has 5 rings (SSSR count). The van der Waals surface area contributed by atoms with Gasteiger partial charge in [-0.2, -0.15) is 4.98 Å². The Hall–Kier alpha value is -3.20. The van der Waals surface area contributed by atoms with Gasteiger partial charge < -0.3 is 23.8 Å². The summed E-state index contributed by atoms with van der Waals surface area (Å²) in [5, 5.41) is 3.76. The first-order chi connectivity index (χ1) is 14.9. The third kappa shape index (κ3) is 3.20. The molecule has 31 heavy (non-hydrogen) atoms. The average molecular weight is 424 g/mol. The Kier molecular flexibility index (Phi) is 4.58. The van der Waals surface area contributed by atoms with Crippen molar-refractivity contribution in [3.05, 3.63) is 53.7 Å². The minimum Gasteiger partial charge on any atom is -0.497 e. The molecule has 2 saturated heterocycles. The largest absolute Gasteiger partial charge is 0.497 e. The highest BCUT2D eigenvalue weighted by molar-refractivity contribution is 5.93. The second-order valence-electron chi connectivity index (χ2n) is 8.38. The third-order valence-corrected chi connectivity index (χ3v) is 6.29. The fourth-order valence-corrected chi connectivity index (χ4v) is 4.92.